The van der Waals surface area contributed by atoms with E-state index < -0.39 is 22.8 Å². The molecule has 4 N–H and O–H groups in total. The van der Waals surface area contributed by atoms with Crippen molar-refractivity contribution in [2.45, 2.75) is 6.04 Å². The smallest absolute Gasteiger partial charge is 0.321 e. The van der Waals surface area contributed by atoms with Crippen LogP contribution in [0.15, 0.2) is 12.1 Å². The number of rotatable bonds is 3. The predicted molar refractivity (Wildman–Crippen MR) is 64.3 cm³/mol. The molecule has 9 heteroatoms. The molecule has 2 rings (SSSR count). The molecule has 0 aliphatic carbocycles. The van der Waals surface area contributed by atoms with Crippen LogP contribution in [0.25, 0.3) is 0 Å². The number of nitrogens with two attached hydrogens (primary N) is 1. The van der Waals surface area contributed by atoms with Crippen LogP contribution in [0.3, 0.4) is 0 Å². The molecular formula is C10H13N5O4. The average Bonchev–Trinajstić information content (AvgIpc) is 2.87. The summed E-state index contributed by atoms with van der Waals surface area (Å²) in [6.45, 7) is 1.14. The molecule has 1 saturated heterocycles. The number of nitrogens with zero attached hydrogens (tertiary/aromatic N) is 2. The molecule has 102 valence electrons. The normalized spacial score (nSPS) is 19.2. The summed E-state index contributed by atoms with van der Waals surface area (Å²) in [5.41, 5.74) is 5.30. The Bertz CT molecular complexity index is 526. The van der Waals surface area contributed by atoms with Gasteiger partial charge in [0, 0.05) is 25.7 Å². The van der Waals surface area contributed by atoms with Gasteiger partial charge in [-0.15, -0.1) is 0 Å². The number of carbonyl (C=O) groups excluding carboxylic acids is 2. The van der Waals surface area contributed by atoms with Gasteiger partial charge in [-0.1, -0.05) is 0 Å². The van der Waals surface area contributed by atoms with E-state index in [0.29, 0.717) is 13.1 Å². The topological polar surface area (TPSA) is 134 Å². The third-order valence-electron chi connectivity index (χ3n) is 2.93. The first-order valence-corrected chi connectivity index (χ1v) is 5.65. The molecule has 1 aromatic heterocycles. The van der Waals surface area contributed by atoms with Crippen molar-refractivity contribution in [1.29, 1.82) is 0 Å². The molecule has 1 aliphatic heterocycles. The average molecular weight is 267 g/mol. The fourth-order valence-electron chi connectivity index (χ4n) is 1.97. The first-order valence-electron chi connectivity index (χ1n) is 5.65. The Morgan fingerprint density at radius 3 is 2.79 bits per heavy atom. The molecule has 2 amide bonds. The van der Waals surface area contributed by atoms with Gasteiger partial charge in [0.15, 0.2) is 5.69 Å². The summed E-state index contributed by atoms with van der Waals surface area (Å²) in [4.78, 5) is 37.1. The van der Waals surface area contributed by atoms with Crippen molar-refractivity contribution >= 4 is 17.6 Å². The monoisotopic (exact) mass is 267 g/mol. The van der Waals surface area contributed by atoms with Crippen molar-refractivity contribution in [2.24, 2.45) is 5.73 Å². The highest BCUT2D eigenvalue weighted by Crippen LogP contribution is 2.14. The number of amides is 2. The second kappa shape index (κ2) is 5.06. The van der Waals surface area contributed by atoms with Crippen LogP contribution in [0.5, 0.6) is 0 Å². The molecule has 1 unspecified atom stereocenters. The number of nitro groups is 1. The highest BCUT2D eigenvalue weighted by Gasteiger charge is 2.33. The van der Waals surface area contributed by atoms with Gasteiger partial charge >= 0.3 is 5.82 Å². The highest BCUT2D eigenvalue weighted by atomic mass is 16.6. The molecule has 1 aliphatic rings. The SMILES string of the molecule is NC(=O)C1CNCCN1C(=O)c1ccc([N+](=O)[O-])[nH]1. The van der Waals surface area contributed by atoms with E-state index >= 15 is 0 Å². The van der Waals surface area contributed by atoms with E-state index in [1.165, 1.54) is 17.0 Å². The van der Waals surface area contributed by atoms with Gasteiger partial charge in [-0.2, -0.15) is 0 Å². The Balaban J connectivity index is 2.21. The first-order chi connectivity index (χ1) is 9.00. The third-order valence-corrected chi connectivity index (χ3v) is 2.93. The van der Waals surface area contributed by atoms with Gasteiger partial charge in [0.25, 0.3) is 5.91 Å². The summed E-state index contributed by atoms with van der Waals surface area (Å²) >= 11 is 0. The molecule has 0 bridgehead atoms. The van der Waals surface area contributed by atoms with Crippen LogP contribution in [0.2, 0.25) is 0 Å². The van der Waals surface area contributed by atoms with Crippen LogP contribution in [0, 0.1) is 10.1 Å². The quantitative estimate of drug-likeness (QED) is 0.468. The van der Waals surface area contributed by atoms with Gasteiger partial charge in [-0.3, -0.25) is 9.59 Å². The number of nitrogens with one attached hydrogen (secondary N) is 2. The minimum Gasteiger partial charge on any atom is -0.368 e. The lowest BCUT2D eigenvalue weighted by Gasteiger charge is -2.33. The van der Waals surface area contributed by atoms with Crippen LogP contribution in [-0.4, -0.2) is 52.3 Å². The molecule has 1 atom stereocenters. The van der Waals surface area contributed by atoms with Gasteiger partial charge < -0.3 is 26.1 Å². The second-order valence-corrected chi connectivity index (χ2v) is 4.14. The number of hydrogen-bond donors (Lipinski definition) is 3. The standard InChI is InChI=1S/C10H13N5O4/c11-9(16)7-5-12-3-4-14(7)10(17)6-1-2-8(13-6)15(18)19/h1-2,7,12-13H,3-5H2,(H2,11,16). The van der Waals surface area contributed by atoms with Gasteiger partial charge in [-0.05, 0) is 11.0 Å². The maximum atomic E-state index is 12.2. The lowest BCUT2D eigenvalue weighted by molar-refractivity contribution is -0.389. The lowest BCUT2D eigenvalue weighted by atomic mass is 10.1. The van der Waals surface area contributed by atoms with Crippen molar-refractivity contribution in [3.05, 3.63) is 27.9 Å². The highest BCUT2D eigenvalue weighted by molar-refractivity contribution is 5.96. The Labute approximate surface area is 107 Å². The molecule has 1 fully saturated rings. The third kappa shape index (κ3) is 2.55. The first kappa shape index (κ1) is 13.0. The predicted octanol–water partition coefficient (Wildman–Crippen LogP) is -1.18. The molecule has 9 nitrogen and oxygen atoms in total. The largest absolute Gasteiger partial charge is 0.368 e. The number of carbonyl (C=O) groups is 2. The maximum Gasteiger partial charge on any atom is 0.321 e. The number of aromatic nitrogens is 1. The summed E-state index contributed by atoms with van der Waals surface area (Å²) in [5, 5.41) is 13.5. The zero-order chi connectivity index (χ0) is 14.0. The van der Waals surface area contributed by atoms with Crippen molar-refractivity contribution in [2.75, 3.05) is 19.6 Å². The number of H-pyrrole nitrogens is 1. The lowest BCUT2D eigenvalue weighted by Crippen LogP contribution is -2.58. The number of aromatic amines is 1. The molecule has 0 radical (unpaired) electrons. The summed E-state index contributed by atoms with van der Waals surface area (Å²) in [6.07, 6.45) is 0. The number of primary amides is 1. The fraction of sp³-hybridized carbons (Fsp3) is 0.400. The van der Waals surface area contributed by atoms with Gasteiger partial charge in [-0.25, -0.2) is 4.98 Å². The molecule has 0 aromatic carbocycles. The van der Waals surface area contributed by atoms with E-state index in [1.807, 2.05) is 0 Å². The van der Waals surface area contributed by atoms with Gasteiger partial charge in [0.2, 0.25) is 5.91 Å². The van der Waals surface area contributed by atoms with Gasteiger partial charge in [0.1, 0.15) is 6.04 Å². The zero-order valence-corrected chi connectivity index (χ0v) is 9.96. The summed E-state index contributed by atoms with van der Waals surface area (Å²) < 4.78 is 0. The summed E-state index contributed by atoms with van der Waals surface area (Å²) in [5.74, 6) is -1.35. The summed E-state index contributed by atoms with van der Waals surface area (Å²) in [6, 6.07) is 1.78. The zero-order valence-electron chi connectivity index (χ0n) is 9.96. The summed E-state index contributed by atoms with van der Waals surface area (Å²) in [7, 11) is 0. The van der Waals surface area contributed by atoms with Crippen LogP contribution in [-0.2, 0) is 4.79 Å². The minimum atomic E-state index is -0.747. The molecule has 2 heterocycles. The Morgan fingerprint density at radius 2 is 2.21 bits per heavy atom. The van der Waals surface area contributed by atoms with Crippen LogP contribution >= 0.6 is 0 Å². The van der Waals surface area contributed by atoms with Crippen molar-refractivity contribution in [3.63, 3.8) is 0 Å². The van der Waals surface area contributed by atoms with Crippen LogP contribution in [0.4, 0.5) is 5.82 Å². The second-order valence-electron chi connectivity index (χ2n) is 4.14. The fourth-order valence-corrected chi connectivity index (χ4v) is 1.97. The van der Waals surface area contributed by atoms with E-state index in [0.717, 1.165) is 0 Å². The van der Waals surface area contributed by atoms with E-state index in [2.05, 4.69) is 10.3 Å². The van der Waals surface area contributed by atoms with Crippen molar-refractivity contribution < 1.29 is 14.5 Å². The Hall–Kier alpha value is -2.42. The molecule has 19 heavy (non-hydrogen) atoms. The maximum absolute atomic E-state index is 12.2. The Morgan fingerprint density at radius 1 is 1.47 bits per heavy atom. The minimum absolute atomic E-state index is 0.0693. The van der Waals surface area contributed by atoms with E-state index in [4.69, 9.17) is 5.73 Å². The number of piperazine rings is 1. The molecule has 1 aromatic rings. The van der Waals surface area contributed by atoms with Gasteiger partial charge in [0.05, 0.1) is 0 Å². The molecule has 0 spiro atoms. The van der Waals surface area contributed by atoms with E-state index in [9.17, 15) is 19.7 Å². The van der Waals surface area contributed by atoms with Crippen molar-refractivity contribution in [3.8, 4) is 0 Å². The van der Waals surface area contributed by atoms with Crippen LogP contribution in [0.1, 0.15) is 10.5 Å². The van der Waals surface area contributed by atoms with E-state index in [-0.39, 0.29) is 18.1 Å². The van der Waals surface area contributed by atoms with Crippen LogP contribution < -0.4 is 11.1 Å². The molecule has 0 saturated carbocycles. The molecular weight excluding hydrogens is 254 g/mol. The van der Waals surface area contributed by atoms with Crippen molar-refractivity contribution in [1.82, 2.24) is 15.2 Å². The Kier molecular flexibility index (Phi) is 3.47. The van der Waals surface area contributed by atoms with E-state index in [1.54, 1.807) is 0 Å². The number of hydrogen-bond acceptors (Lipinski definition) is 5.